The highest BCUT2D eigenvalue weighted by Gasteiger charge is 2.60. The van der Waals surface area contributed by atoms with E-state index in [0.717, 1.165) is 205 Å². The molecule has 10 aromatic carbocycles. The third-order valence-electron chi connectivity index (χ3n) is 34.3. The fraction of sp³-hybridized carbons (Fsp3) is 0.424. The lowest BCUT2D eigenvalue weighted by molar-refractivity contribution is 0.147. The lowest BCUT2D eigenvalue weighted by Crippen LogP contribution is -2.44. The van der Waals surface area contributed by atoms with Gasteiger partial charge in [-0.05, 0) is 403 Å². The monoisotopic (exact) mass is 1680 g/mol. The van der Waals surface area contributed by atoms with Crippen molar-refractivity contribution in [3.63, 3.8) is 0 Å². The standard InChI is InChI=1S/2C32H34O2.2C27H32O2/c2*1-22-16-26(33)17-25-12-13-28-29-18-27(34)21-31(29,19-23-8-4-2-5-9-23)14-15-32(28,30(22)25)20-24-10-6-3-7-11-24;2*1-3-27-12-11-26(16-19-7-5-4-6-8-19)17-22(29)15-24(26)23(27)10-9-20-14-21(28)13-18(2)25(20)27/h2*2-11,16-17,27,33-34H,12-15,18-21H2,1H3;2*4-8,13-14,22,28-29H,3,9-12,15-17H2,1-2H3/t27-,31+,32+;27-,31+,32-;22-,26+,27+;22-,26+,27-/m0000/s1. The number of phenols is 4. The quantitative estimate of drug-likeness (QED) is 0.0499. The molecule has 0 unspecified atom stereocenters. The van der Waals surface area contributed by atoms with Crippen LogP contribution in [-0.4, -0.2) is 65.3 Å². The average molecular weight is 1680 g/mol. The molecule has 0 aromatic heterocycles. The lowest BCUT2D eigenvalue weighted by atomic mass is 9.52. The van der Waals surface area contributed by atoms with Crippen molar-refractivity contribution in [1.29, 1.82) is 0 Å². The molecule has 0 saturated heterocycles. The van der Waals surface area contributed by atoms with Crippen LogP contribution in [-0.2, 0) is 85.9 Å². The van der Waals surface area contributed by atoms with Gasteiger partial charge in [0.25, 0.3) is 0 Å². The molecule has 22 rings (SSSR count). The number of rotatable bonds is 14. The van der Waals surface area contributed by atoms with Gasteiger partial charge in [-0.15, -0.1) is 0 Å². The molecule has 10 aromatic rings. The molecule has 8 nitrogen and oxygen atoms in total. The molecule has 0 radical (unpaired) electrons. The molecule has 0 heterocycles. The maximum Gasteiger partial charge on any atom is 0.116 e. The van der Waals surface area contributed by atoms with Crippen molar-refractivity contribution >= 4 is 0 Å². The number of allylic oxidation sites excluding steroid dienone is 4. The highest BCUT2D eigenvalue weighted by Crippen LogP contribution is 2.68. The van der Waals surface area contributed by atoms with Crippen molar-refractivity contribution < 1.29 is 40.9 Å². The number of aromatic hydroxyl groups is 4. The Kier molecular flexibility index (Phi) is 23.1. The molecular weight excluding hydrogens is 1550 g/mol. The van der Waals surface area contributed by atoms with Crippen LogP contribution in [0.3, 0.4) is 0 Å². The van der Waals surface area contributed by atoms with Crippen LogP contribution in [0.5, 0.6) is 23.0 Å². The van der Waals surface area contributed by atoms with Gasteiger partial charge in [0, 0.05) is 21.7 Å². The van der Waals surface area contributed by atoms with E-state index in [2.05, 4.69) is 224 Å². The van der Waals surface area contributed by atoms with E-state index < -0.39 is 0 Å². The molecule has 0 spiro atoms. The maximum atomic E-state index is 11.0. The first-order chi connectivity index (χ1) is 60.9. The summed E-state index contributed by atoms with van der Waals surface area (Å²) in [6, 6.07) is 81.0. The number of hydrogen-bond acceptors (Lipinski definition) is 8. The number of benzene rings is 10. The highest BCUT2D eigenvalue weighted by molar-refractivity contribution is 5.63. The number of hydrogen-bond donors (Lipinski definition) is 8. The van der Waals surface area contributed by atoms with E-state index in [-0.39, 0.29) is 67.7 Å². The van der Waals surface area contributed by atoms with E-state index in [9.17, 15) is 40.9 Å². The molecule has 12 aliphatic rings. The van der Waals surface area contributed by atoms with Crippen LogP contribution in [0.4, 0.5) is 0 Å². The normalized spacial score (nSPS) is 29.1. The van der Waals surface area contributed by atoms with E-state index in [0.29, 0.717) is 23.0 Å². The van der Waals surface area contributed by atoms with Crippen LogP contribution in [0.15, 0.2) is 275 Å². The van der Waals surface area contributed by atoms with Crippen LogP contribution in [0.1, 0.15) is 255 Å². The Morgan fingerprint density at radius 2 is 0.437 bits per heavy atom. The van der Waals surface area contributed by atoms with Crippen molar-refractivity contribution in [3.8, 4) is 23.0 Å². The van der Waals surface area contributed by atoms with Gasteiger partial charge in [0.1, 0.15) is 23.0 Å². The molecule has 12 atom stereocenters. The molecule has 0 bridgehead atoms. The van der Waals surface area contributed by atoms with Gasteiger partial charge in [0.15, 0.2) is 0 Å². The minimum absolute atomic E-state index is 0.0493. The molecule has 8 N–H and O–H groups in total. The summed E-state index contributed by atoms with van der Waals surface area (Å²) in [6.07, 6.45) is 31.4. The second-order valence-corrected chi connectivity index (χ2v) is 41.4. The molecule has 0 aliphatic heterocycles. The number of aliphatic hydroxyl groups is 4. The Morgan fingerprint density at radius 1 is 0.238 bits per heavy atom. The van der Waals surface area contributed by atoms with Gasteiger partial charge < -0.3 is 40.9 Å². The molecule has 8 heteroatoms. The van der Waals surface area contributed by atoms with Crippen molar-refractivity contribution in [3.05, 3.63) is 375 Å². The van der Waals surface area contributed by atoms with E-state index >= 15 is 0 Å². The van der Waals surface area contributed by atoms with Crippen LogP contribution in [0.25, 0.3) is 0 Å². The first-order valence-corrected chi connectivity index (χ1v) is 48.1. The summed E-state index contributed by atoms with van der Waals surface area (Å²) >= 11 is 0. The number of aryl methyl sites for hydroxylation is 8. The maximum absolute atomic E-state index is 11.0. The third-order valence-corrected chi connectivity index (χ3v) is 34.3. The first kappa shape index (κ1) is 85.6. The van der Waals surface area contributed by atoms with Crippen molar-refractivity contribution in [2.45, 2.75) is 293 Å². The minimum Gasteiger partial charge on any atom is -0.508 e. The Labute approximate surface area is 749 Å². The summed E-state index contributed by atoms with van der Waals surface area (Å²) in [5.41, 5.74) is 37.4. The summed E-state index contributed by atoms with van der Waals surface area (Å²) in [5.74, 6) is 1.56. The van der Waals surface area contributed by atoms with Crippen molar-refractivity contribution in [2.75, 3.05) is 0 Å². The summed E-state index contributed by atoms with van der Waals surface area (Å²) in [6.45, 7) is 13.3. The van der Waals surface area contributed by atoms with E-state index in [1.54, 1.807) is 44.6 Å². The van der Waals surface area contributed by atoms with Gasteiger partial charge in [0.2, 0.25) is 0 Å². The number of aliphatic hydroxyl groups excluding tert-OH is 4. The first-order valence-electron chi connectivity index (χ1n) is 48.1. The lowest BCUT2D eigenvalue weighted by Gasteiger charge is -2.51. The largest absolute Gasteiger partial charge is 0.508 e. The zero-order valence-electron chi connectivity index (χ0n) is 75.5. The predicted molar refractivity (Wildman–Crippen MR) is 509 cm³/mol. The van der Waals surface area contributed by atoms with E-state index in [4.69, 9.17) is 0 Å². The molecule has 4 fully saturated rings. The van der Waals surface area contributed by atoms with Gasteiger partial charge in [-0.3, -0.25) is 0 Å². The molecular formula is C118H132O8. The summed E-state index contributed by atoms with van der Waals surface area (Å²) < 4.78 is 0. The second kappa shape index (κ2) is 34.0. The number of fused-ring (bicyclic) bond motifs is 16. The van der Waals surface area contributed by atoms with E-state index in [1.807, 2.05) is 48.5 Å². The summed E-state index contributed by atoms with van der Waals surface area (Å²) in [5, 5.41) is 84.6. The van der Waals surface area contributed by atoms with E-state index in [1.165, 1.54) is 100 Å². The summed E-state index contributed by atoms with van der Waals surface area (Å²) in [4.78, 5) is 0. The highest BCUT2D eigenvalue weighted by atomic mass is 16.3. The predicted octanol–water partition coefficient (Wildman–Crippen LogP) is 24.7. The minimum atomic E-state index is -0.249. The topological polar surface area (TPSA) is 162 Å². The molecule has 126 heavy (non-hydrogen) atoms. The third kappa shape index (κ3) is 15.2. The Morgan fingerprint density at radius 3 is 0.659 bits per heavy atom. The van der Waals surface area contributed by atoms with Gasteiger partial charge in [-0.2, -0.15) is 0 Å². The average Bonchev–Trinajstić information content (AvgIpc) is 1.41. The van der Waals surface area contributed by atoms with Crippen LogP contribution < -0.4 is 0 Å². The SMILES string of the molecule is CC[C@@]12CC[C@@]3(Cc4ccccc4)C[C@@H](O)CC3=C1CCc1cc(O)cc(C)c12.CC[C@]12CC[C@@]3(Cc4ccccc4)C[C@@H](O)CC3=C1CCc1cc(O)cc(C)c12.Cc1cc(O)cc2c1[C@@]1(Cc3ccccc3)CC[C@@]3(Cc4ccccc4)C[C@@H](O)CC3=C1CC2.Cc1cc(O)cc2c1[C@]1(Cc3ccccc3)CC[C@@]3(Cc4ccccc4)C[C@@H](O)CC3=C1CC2. The molecule has 652 valence electrons. The Balaban J connectivity index is 0.000000110. The zero-order chi connectivity index (χ0) is 87.1. The Hall–Kier alpha value is -9.80. The number of phenolic OH excluding ortho intramolecular Hbond substituents is 4. The fourth-order valence-electron chi connectivity index (χ4n) is 29.9. The van der Waals surface area contributed by atoms with Crippen LogP contribution in [0.2, 0.25) is 0 Å². The second-order valence-electron chi connectivity index (χ2n) is 41.4. The molecule has 4 saturated carbocycles. The zero-order valence-corrected chi connectivity index (χ0v) is 75.5. The van der Waals surface area contributed by atoms with Gasteiger partial charge in [-0.1, -0.05) is 240 Å². The Bertz CT molecular complexity index is 5510. The van der Waals surface area contributed by atoms with Gasteiger partial charge >= 0.3 is 0 Å². The molecule has 0 amide bonds. The molecule has 12 aliphatic carbocycles. The smallest absolute Gasteiger partial charge is 0.116 e. The van der Waals surface area contributed by atoms with Crippen molar-refractivity contribution in [2.24, 2.45) is 21.7 Å². The van der Waals surface area contributed by atoms with Gasteiger partial charge in [-0.25, -0.2) is 0 Å². The summed E-state index contributed by atoms with van der Waals surface area (Å²) in [7, 11) is 0. The van der Waals surface area contributed by atoms with Crippen LogP contribution in [0, 0.1) is 49.4 Å². The fourth-order valence-corrected chi connectivity index (χ4v) is 29.9. The van der Waals surface area contributed by atoms with Crippen LogP contribution >= 0.6 is 0 Å². The van der Waals surface area contributed by atoms with Crippen molar-refractivity contribution in [1.82, 2.24) is 0 Å². The van der Waals surface area contributed by atoms with Gasteiger partial charge in [0.05, 0.1) is 24.4 Å².